The quantitative estimate of drug-likeness (QED) is 0.802. The molecule has 1 saturated heterocycles. The smallest absolute Gasteiger partial charge is 0.0353 e. The van der Waals surface area contributed by atoms with Crippen molar-refractivity contribution in [1.29, 1.82) is 0 Å². The molecule has 0 radical (unpaired) electrons. The zero-order chi connectivity index (χ0) is 12.1. The third-order valence-electron chi connectivity index (χ3n) is 3.55. The highest BCUT2D eigenvalue weighted by Gasteiger charge is 2.19. The second kappa shape index (κ2) is 6.31. The summed E-state index contributed by atoms with van der Waals surface area (Å²) in [5, 5.41) is 7.07. The molecule has 0 amide bonds. The molecule has 2 nitrogen and oxygen atoms in total. The van der Waals surface area contributed by atoms with E-state index in [9.17, 15) is 0 Å². The van der Waals surface area contributed by atoms with E-state index in [1.165, 1.54) is 36.5 Å². The van der Waals surface area contributed by atoms with Crippen molar-refractivity contribution in [3.8, 4) is 0 Å². The molecule has 2 N–H and O–H groups in total. The molecule has 1 aromatic rings. The summed E-state index contributed by atoms with van der Waals surface area (Å²) >= 11 is 1.80. The molecule has 1 aliphatic heterocycles. The van der Waals surface area contributed by atoms with E-state index in [2.05, 4.69) is 48.1 Å². The van der Waals surface area contributed by atoms with Crippen LogP contribution >= 0.6 is 11.8 Å². The van der Waals surface area contributed by atoms with Gasteiger partial charge >= 0.3 is 0 Å². The first kappa shape index (κ1) is 12.8. The molecule has 3 heteroatoms. The van der Waals surface area contributed by atoms with Gasteiger partial charge in [-0.1, -0.05) is 6.07 Å². The minimum absolute atomic E-state index is 0.564. The summed E-state index contributed by atoms with van der Waals surface area (Å²) in [5.74, 6) is 0.800. The lowest BCUT2D eigenvalue weighted by atomic mass is 9.91. The monoisotopic (exact) mass is 250 g/mol. The van der Waals surface area contributed by atoms with E-state index >= 15 is 0 Å². The van der Waals surface area contributed by atoms with E-state index in [4.69, 9.17) is 0 Å². The van der Waals surface area contributed by atoms with Gasteiger partial charge in [0, 0.05) is 16.6 Å². The summed E-state index contributed by atoms with van der Waals surface area (Å²) in [4.78, 5) is 1.33. The lowest BCUT2D eigenvalue weighted by molar-refractivity contribution is 0.343. The molecule has 0 aromatic heterocycles. The third kappa shape index (κ3) is 3.65. The first-order chi connectivity index (χ1) is 8.29. The van der Waals surface area contributed by atoms with Gasteiger partial charge in [-0.05, 0) is 63.2 Å². The number of hydrogen-bond donors (Lipinski definition) is 2. The van der Waals surface area contributed by atoms with Crippen molar-refractivity contribution in [2.45, 2.75) is 30.7 Å². The largest absolute Gasteiger partial charge is 0.382 e. The van der Waals surface area contributed by atoms with E-state index in [0.29, 0.717) is 6.04 Å². The zero-order valence-corrected chi connectivity index (χ0v) is 11.5. The van der Waals surface area contributed by atoms with Crippen molar-refractivity contribution < 1.29 is 0 Å². The summed E-state index contributed by atoms with van der Waals surface area (Å²) in [6.45, 7) is 4.64. The topological polar surface area (TPSA) is 24.1 Å². The van der Waals surface area contributed by atoms with Crippen molar-refractivity contribution in [2.24, 2.45) is 5.92 Å². The van der Waals surface area contributed by atoms with Gasteiger partial charge in [0.1, 0.15) is 0 Å². The van der Waals surface area contributed by atoms with Gasteiger partial charge in [0.05, 0.1) is 0 Å². The SMILES string of the molecule is CSc1cccc(NC(C)C2CCNCC2)c1. The van der Waals surface area contributed by atoms with Crippen LogP contribution in [0, 0.1) is 5.92 Å². The van der Waals surface area contributed by atoms with Gasteiger partial charge in [0.15, 0.2) is 0 Å². The fourth-order valence-electron chi connectivity index (χ4n) is 2.44. The van der Waals surface area contributed by atoms with Crippen molar-refractivity contribution in [1.82, 2.24) is 5.32 Å². The lowest BCUT2D eigenvalue weighted by Gasteiger charge is -2.29. The summed E-state index contributed by atoms with van der Waals surface area (Å²) in [7, 11) is 0. The second-order valence-corrected chi connectivity index (χ2v) is 5.63. The van der Waals surface area contributed by atoms with Gasteiger partial charge in [-0.3, -0.25) is 0 Å². The zero-order valence-electron chi connectivity index (χ0n) is 10.7. The normalized spacial score (nSPS) is 18.9. The molecule has 0 aliphatic carbocycles. The highest BCUT2D eigenvalue weighted by molar-refractivity contribution is 7.98. The van der Waals surface area contributed by atoms with Crippen LogP contribution in [-0.2, 0) is 0 Å². The Kier molecular flexibility index (Phi) is 4.75. The number of nitrogens with one attached hydrogen (secondary N) is 2. The van der Waals surface area contributed by atoms with E-state index in [0.717, 1.165) is 5.92 Å². The van der Waals surface area contributed by atoms with Gasteiger partial charge in [-0.15, -0.1) is 11.8 Å². The predicted molar refractivity (Wildman–Crippen MR) is 76.9 cm³/mol. The van der Waals surface area contributed by atoms with Crippen LogP contribution in [0.1, 0.15) is 19.8 Å². The van der Waals surface area contributed by atoms with E-state index < -0.39 is 0 Å². The molecule has 1 aromatic carbocycles. The Balaban J connectivity index is 1.94. The average Bonchev–Trinajstić information content (AvgIpc) is 2.40. The van der Waals surface area contributed by atoms with Crippen molar-refractivity contribution in [2.75, 3.05) is 24.7 Å². The number of anilines is 1. The van der Waals surface area contributed by atoms with Crippen LogP contribution in [0.2, 0.25) is 0 Å². The molecule has 1 heterocycles. The maximum Gasteiger partial charge on any atom is 0.0353 e. The average molecular weight is 250 g/mol. The van der Waals surface area contributed by atoms with Crippen LogP contribution in [0.15, 0.2) is 29.2 Å². The summed E-state index contributed by atoms with van der Waals surface area (Å²) < 4.78 is 0. The number of thioether (sulfide) groups is 1. The van der Waals surface area contributed by atoms with Crippen LogP contribution in [0.5, 0.6) is 0 Å². The maximum atomic E-state index is 3.65. The summed E-state index contributed by atoms with van der Waals surface area (Å²) in [6.07, 6.45) is 4.70. The summed E-state index contributed by atoms with van der Waals surface area (Å²) in [6, 6.07) is 9.25. The minimum atomic E-state index is 0.564. The predicted octanol–water partition coefficient (Wildman–Crippen LogP) is 3.21. The first-order valence-corrected chi connectivity index (χ1v) is 7.63. The fourth-order valence-corrected chi connectivity index (χ4v) is 2.90. The molecular weight excluding hydrogens is 228 g/mol. The first-order valence-electron chi connectivity index (χ1n) is 6.41. The standard InChI is InChI=1S/C14H22N2S/c1-11(12-6-8-15-9-7-12)16-13-4-3-5-14(10-13)17-2/h3-5,10-12,15-16H,6-9H2,1-2H3. The Hall–Kier alpha value is -0.670. The van der Waals surface area contributed by atoms with Gasteiger partial charge in [0.2, 0.25) is 0 Å². The molecule has 0 spiro atoms. The molecule has 94 valence electrons. The van der Waals surface area contributed by atoms with E-state index in [1.807, 2.05) is 0 Å². The number of hydrogen-bond acceptors (Lipinski definition) is 3. The Bertz CT molecular complexity index is 348. The molecule has 17 heavy (non-hydrogen) atoms. The molecule has 2 rings (SSSR count). The van der Waals surface area contributed by atoms with Crippen LogP contribution in [0.3, 0.4) is 0 Å². The van der Waals surface area contributed by atoms with Gasteiger partial charge in [-0.25, -0.2) is 0 Å². The molecular formula is C14H22N2S. The van der Waals surface area contributed by atoms with Crippen LogP contribution in [-0.4, -0.2) is 25.4 Å². The molecule has 1 aliphatic rings. The van der Waals surface area contributed by atoms with Crippen molar-refractivity contribution in [3.63, 3.8) is 0 Å². The summed E-state index contributed by atoms with van der Waals surface area (Å²) in [5.41, 5.74) is 1.25. The second-order valence-electron chi connectivity index (χ2n) is 4.75. The number of benzene rings is 1. The van der Waals surface area contributed by atoms with E-state index in [1.54, 1.807) is 11.8 Å². The molecule has 1 atom stereocenters. The Labute approximate surface area is 109 Å². The van der Waals surface area contributed by atoms with E-state index in [-0.39, 0.29) is 0 Å². The highest BCUT2D eigenvalue weighted by atomic mass is 32.2. The molecule has 1 unspecified atom stereocenters. The molecule has 0 saturated carbocycles. The Morgan fingerprint density at radius 3 is 2.82 bits per heavy atom. The minimum Gasteiger partial charge on any atom is -0.382 e. The van der Waals surface area contributed by atoms with Gasteiger partial charge < -0.3 is 10.6 Å². The van der Waals surface area contributed by atoms with Gasteiger partial charge in [-0.2, -0.15) is 0 Å². The number of piperidine rings is 1. The fraction of sp³-hybridized carbons (Fsp3) is 0.571. The van der Waals surface area contributed by atoms with Crippen molar-refractivity contribution in [3.05, 3.63) is 24.3 Å². The van der Waals surface area contributed by atoms with Gasteiger partial charge in [0.25, 0.3) is 0 Å². The lowest BCUT2D eigenvalue weighted by Crippen LogP contribution is -2.36. The van der Waals surface area contributed by atoms with Crippen molar-refractivity contribution >= 4 is 17.4 Å². The molecule has 1 fully saturated rings. The Morgan fingerprint density at radius 2 is 2.12 bits per heavy atom. The number of rotatable bonds is 4. The highest BCUT2D eigenvalue weighted by Crippen LogP contribution is 2.23. The van der Waals surface area contributed by atoms with Crippen LogP contribution < -0.4 is 10.6 Å². The maximum absolute atomic E-state index is 3.65. The van der Waals surface area contributed by atoms with Crippen LogP contribution in [0.25, 0.3) is 0 Å². The Morgan fingerprint density at radius 1 is 1.35 bits per heavy atom. The third-order valence-corrected chi connectivity index (χ3v) is 4.28. The molecule has 0 bridgehead atoms. The van der Waals surface area contributed by atoms with Crippen LogP contribution in [0.4, 0.5) is 5.69 Å².